The summed E-state index contributed by atoms with van der Waals surface area (Å²) in [5, 5.41) is 4.80. The van der Waals surface area contributed by atoms with Gasteiger partial charge < -0.3 is 5.32 Å². The Bertz CT molecular complexity index is 656. The van der Waals surface area contributed by atoms with Gasteiger partial charge in [0.25, 0.3) is 0 Å². The third-order valence-corrected chi connectivity index (χ3v) is 5.49. The van der Waals surface area contributed by atoms with Gasteiger partial charge in [-0.15, -0.1) is 11.3 Å². The maximum absolute atomic E-state index is 12.7. The van der Waals surface area contributed by atoms with E-state index in [9.17, 15) is 9.18 Å². The Labute approximate surface area is 164 Å². The summed E-state index contributed by atoms with van der Waals surface area (Å²) >= 11 is 3.53. The first-order valence-corrected chi connectivity index (χ1v) is 10.6. The summed E-state index contributed by atoms with van der Waals surface area (Å²) in [5.41, 5.74) is 2.25. The van der Waals surface area contributed by atoms with Crippen LogP contribution in [0.2, 0.25) is 0 Å². The lowest BCUT2D eigenvalue weighted by atomic mass is 10.1. The summed E-state index contributed by atoms with van der Waals surface area (Å²) in [6.07, 6.45) is 7.42. The number of benzene rings is 1. The summed E-state index contributed by atoms with van der Waals surface area (Å²) in [6.45, 7) is 6.18. The first kappa shape index (κ1) is 22.4. The van der Waals surface area contributed by atoms with Crippen molar-refractivity contribution in [2.75, 3.05) is 5.75 Å². The number of aromatic nitrogens is 1. The highest BCUT2D eigenvalue weighted by Gasteiger charge is 1.97. The number of thioether (sulfide) groups is 1. The number of nitrogens with zero attached hydrogens (tertiary/aromatic N) is 1. The SMILES string of the molecule is CCC(/C=C/CCc1ccc(F)cc1)NC=O.CCSc1nc(C)cs1. The minimum atomic E-state index is -0.203. The zero-order valence-electron chi connectivity index (χ0n) is 15.6. The average Bonchev–Trinajstić information content (AvgIpc) is 3.05. The second-order valence-electron chi connectivity index (χ2n) is 5.58. The summed E-state index contributed by atoms with van der Waals surface area (Å²) < 4.78 is 13.8. The molecule has 0 saturated heterocycles. The van der Waals surface area contributed by atoms with Crippen molar-refractivity contribution in [2.24, 2.45) is 0 Å². The number of nitrogens with one attached hydrogen (secondary N) is 1. The van der Waals surface area contributed by atoms with Crippen molar-refractivity contribution >= 4 is 29.5 Å². The van der Waals surface area contributed by atoms with E-state index in [1.807, 2.05) is 26.0 Å². The molecule has 0 spiro atoms. The molecule has 1 heterocycles. The number of aryl methyl sites for hydroxylation is 2. The van der Waals surface area contributed by atoms with Crippen LogP contribution in [0.5, 0.6) is 0 Å². The molecule has 0 fully saturated rings. The smallest absolute Gasteiger partial charge is 0.207 e. The number of hydrogen-bond acceptors (Lipinski definition) is 4. The number of rotatable bonds is 9. The molecule has 0 bridgehead atoms. The maximum Gasteiger partial charge on any atom is 0.207 e. The molecule has 1 unspecified atom stereocenters. The molecule has 0 radical (unpaired) electrons. The Kier molecular flexibility index (Phi) is 11.6. The molecule has 6 heteroatoms. The molecule has 0 aliphatic carbocycles. The van der Waals surface area contributed by atoms with E-state index in [2.05, 4.69) is 22.6 Å². The van der Waals surface area contributed by atoms with Crippen LogP contribution in [0.3, 0.4) is 0 Å². The van der Waals surface area contributed by atoms with E-state index in [0.29, 0.717) is 0 Å². The van der Waals surface area contributed by atoms with Gasteiger partial charge in [0, 0.05) is 17.1 Å². The van der Waals surface area contributed by atoms with Crippen LogP contribution in [0.1, 0.15) is 37.9 Å². The number of allylic oxidation sites excluding steroid dienone is 1. The molecule has 1 N–H and O–H groups in total. The van der Waals surface area contributed by atoms with Crippen molar-refractivity contribution in [3.05, 3.63) is 58.9 Å². The van der Waals surface area contributed by atoms with Crippen LogP contribution in [-0.2, 0) is 11.2 Å². The fraction of sp³-hybridized carbons (Fsp3) is 0.400. The van der Waals surface area contributed by atoms with Gasteiger partial charge in [-0.1, -0.05) is 49.9 Å². The lowest BCUT2D eigenvalue weighted by Crippen LogP contribution is -2.24. The van der Waals surface area contributed by atoms with Gasteiger partial charge in [-0.3, -0.25) is 4.79 Å². The second-order valence-corrected chi connectivity index (χ2v) is 7.95. The van der Waals surface area contributed by atoms with Crippen molar-refractivity contribution in [1.82, 2.24) is 10.3 Å². The minimum absolute atomic E-state index is 0.112. The van der Waals surface area contributed by atoms with Crippen LogP contribution in [0.15, 0.2) is 46.1 Å². The van der Waals surface area contributed by atoms with E-state index in [1.54, 1.807) is 35.2 Å². The lowest BCUT2D eigenvalue weighted by Gasteiger charge is -2.07. The molecule has 1 amide bonds. The molecular formula is C20H27FN2OS2. The van der Waals surface area contributed by atoms with Gasteiger partial charge in [-0.2, -0.15) is 0 Å². The summed E-state index contributed by atoms with van der Waals surface area (Å²) in [5.74, 6) is 0.915. The molecule has 0 aliphatic rings. The number of carbonyl (C=O) groups is 1. The van der Waals surface area contributed by atoms with Crippen molar-refractivity contribution < 1.29 is 9.18 Å². The van der Waals surface area contributed by atoms with Crippen LogP contribution in [0.4, 0.5) is 4.39 Å². The van der Waals surface area contributed by atoms with Gasteiger partial charge in [0.2, 0.25) is 6.41 Å². The average molecular weight is 395 g/mol. The fourth-order valence-electron chi connectivity index (χ4n) is 2.08. The lowest BCUT2D eigenvalue weighted by molar-refractivity contribution is -0.109. The van der Waals surface area contributed by atoms with E-state index in [-0.39, 0.29) is 11.9 Å². The molecule has 3 nitrogen and oxygen atoms in total. The molecule has 142 valence electrons. The predicted molar refractivity (Wildman–Crippen MR) is 110 cm³/mol. The molecule has 0 saturated carbocycles. The van der Waals surface area contributed by atoms with Gasteiger partial charge in [0.1, 0.15) is 10.2 Å². The third kappa shape index (κ3) is 9.73. The van der Waals surface area contributed by atoms with E-state index in [4.69, 9.17) is 0 Å². The first-order chi connectivity index (χ1) is 12.6. The van der Waals surface area contributed by atoms with Gasteiger partial charge in [0.05, 0.1) is 0 Å². The quantitative estimate of drug-likeness (QED) is 0.352. The van der Waals surface area contributed by atoms with Gasteiger partial charge in [0.15, 0.2) is 0 Å². The number of thiazole rings is 1. The summed E-state index contributed by atoms with van der Waals surface area (Å²) in [7, 11) is 0. The van der Waals surface area contributed by atoms with Crippen LogP contribution in [0.25, 0.3) is 0 Å². The zero-order valence-corrected chi connectivity index (χ0v) is 17.2. The highest BCUT2D eigenvalue weighted by atomic mass is 32.2. The molecule has 1 atom stereocenters. The van der Waals surface area contributed by atoms with Crippen LogP contribution >= 0.6 is 23.1 Å². The molecule has 2 aromatic rings. The second kappa shape index (κ2) is 13.5. The Morgan fingerprint density at radius 2 is 2.04 bits per heavy atom. The van der Waals surface area contributed by atoms with Gasteiger partial charge >= 0.3 is 0 Å². The Hall–Kier alpha value is -1.66. The Balaban J connectivity index is 0.000000314. The van der Waals surface area contributed by atoms with E-state index in [0.717, 1.165) is 42.7 Å². The van der Waals surface area contributed by atoms with Crippen LogP contribution < -0.4 is 5.32 Å². The van der Waals surface area contributed by atoms with E-state index >= 15 is 0 Å². The number of hydrogen-bond donors (Lipinski definition) is 1. The molecule has 2 rings (SSSR count). The summed E-state index contributed by atoms with van der Waals surface area (Å²) in [6, 6.07) is 6.65. The third-order valence-electron chi connectivity index (χ3n) is 3.47. The van der Waals surface area contributed by atoms with Crippen molar-refractivity contribution in [3.8, 4) is 0 Å². The van der Waals surface area contributed by atoms with Gasteiger partial charge in [-0.05, 0) is 49.6 Å². The van der Waals surface area contributed by atoms with E-state index in [1.165, 1.54) is 16.5 Å². The van der Waals surface area contributed by atoms with Crippen molar-refractivity contribution in [1.29, 1.82) is 0 Å². The van der Waals surface area contributed by atoms with E-state index < -0.39 is 0 Å². The summed E-state index contributed by atoms with van der Waals surface area (Å²) in [4.78, 5) is 14.6. The molecule has 0 aliphatic heterocycles. The zero-order chi connectivity index (χ0) is 19.2. The van der Waals surface area contributed by atoms with Crippen LogP contribution in [-0.4, -0.2) is 23.2 Å². The molecule has 26 heavy (non-hydrogen) atoms. The predicted octanol–water partition coefficient (Wildman–Crippen LogP) is 5.40. The number of carbonyl (C=O) groups excluding carboxylic acids is 1. The first-order valence-electron chi connectivity index (χ1n) is 8.74. The topological polar surface area (TPSA) is 42.0 Å². The normalized spacial score (nSPS) is 11.7. The monoisotopic (exact) mass is 394 g/mol. The molecular weight excluding hydrogens is 367 g/mol. The minimum Gasteiger partial charge on any atom is -0.352 e. The highest BCUT2D eigenvalue weighted by molar-refractivity contribution is 8.00. The Morgan fingerprint density at radius 1 is 1.31 bits per heavy atom. The maximum atomic E-state index is 12.7. The molecule has 1 aromatic heterocycles. The number of halogens is 1. The number of amides is 1. The van der Waals surface area contributed by atoms with Crippen LogP contribution in [0, 0.1) is 12.7 Å². The Morgan fingerprint density at radius 3 is 2.58 bits per heavy atom. The van der Waals surface area contributed by atoms with Crippen molar-refractivity contribution in [2.45, 2.75) is 50.4 Å². The fourth-order valence-corrected chi connectivity index (χ4v) is 3.83. The van der Waals surface area contributed by atoms with Gasteiger partial charge in [-0.25, -0.2) is 9.37 Å². The van der Waals surface area contributed by atoms with Crippen molar-refractivity contribution in [3.63, 3.8) is 0 Å². The highest BCUT2D eigenvalue weighted by Crippen LogP contribution is 2.21. The molecule has 1 aromatic carbocycles. The largest absolute Gasteiger partial charge is 0.352 e. The standard InChI is InChI=1S/C14H18FNO.C6H9NS2/c1-2-14(16-11-17)6-4-3-5-12-7-9-13(15)10-8-12;1-3-8-6-7-5(2)4-9-6/h4,6-11,14H,2-3,5H2,1H3,(H,16,17);4H,3H2,1-2H3/b6-4+;.